The van der Waals surface area contributed by atoms with Crippen LogP contribution in [0.4, 0.5) is 0 Å². The van der Waals surface area contributed by atoms with Crippen LogP contribution in [0.2, 0.25) is 0 Å². The highest BCUT2D eigenvalue weighted by atomic mass is 16.5. The number of methoxy groups -OCH3 is 1. The summed E-state index contributed by atoms with van der Waals surface area (Å²) in [6.07, 6.45) is 8.31. The second-order valence-electron chi connectivity index (χ2n) is 4.92. The van der Waals surface area contributed by atoms with Crippen LogP contribution in [-0.4, -0.2) is 13.7 Å². The summed E-state index contributed by atoms with van der Waals surface area (Å²) < 4.78 is 5.24. The van der Waals surface area contributed by atoms with E-state index in [0.717, 1.165) is 12.5 Å². The van der Waals surface area contributed by atoms with Crippen molar-refractivity contribution in [2.75, 3.05) is 13.7 Å². The first-order valence-electron chi connectivity index (χ1n) is 5.69. The predicted molar refractivity (Wildman–Crippen MR) is 56.8 cm³/mol. The summed E-state index contributed by atoms with van der Waals surface area (Å²) in [5.74, 6) is 0.832. The lowest BCUT2D eigenvalue weighted by Gasteiger charge is -2.26. The van der Waals surface area contributed by atoms with Crippen LogP contribution >= 0.6 is 0 Å². The van der Waals surface area contributed by atoms with Gasteiger partial charge in [-0.1, -0.05) is 26.7 Å². The molecule has 0 N–H and O–H groups in total. The minimum absolute atomic E-state index is 0.627. The SMILES string of the molecule is CCC1(C)CCCC(COC)CC1. The average molecular weight is 184 g/mol. The minimum Gasteiger partial charge on any atom is -0.384 e. The Morgan fingerprint density at radius 1 is 1.31 bits per heavy atom. The Morgan fingerprint density at radius 3 is 2.69 bits per heavy atom. The van der Waals surface area contributed by atoms with E-state index in [1.807, 2.05) is 7.11 Å². The Morgan fingerprint density at radius 2 is 2.08 bits per heavy atom. The Hall–Kier alpha value is -0.0400. The van der Waals surface area contributed by atoms with Crippen molar-refractivity contribution in [2.45, 2.75) is 52.4 Å². The predicted octanol–water partition coefficient (Wildman–Crippen LogP) is 3.63. The maximum absolute atomic E-state index is 5.24. The zero-order valence-corrected chi connectivity index (χ0v) is 9.44. The first-order valence-corrected chi connectivity index (χ1v) is 5.69. The molecule has 2 unspecified atom stereocenters. The molecule has 1 aliphatic carbocycles. The highest BCUT2D eigenvalue weighted by Crippen LogP contribution is 2.39. The maximum atomic E-state index is 5.24. The van der Waals surface area contributed by atoms with E-state index in [4.69, 9.17) is 4.74 Å². The van der Waals surface area contributed by atoms with E-state index in [-0.39, 0.29) is 0 Å². The summed E-state index contributed by atoms with van der Waals surface area (Å²) in [5, 5.41) is 0. The molecular formula is C12H24O. The monoisotopic (exact) mass is 184 g/mol. The number of ether oxygens (including phenoxy) is 1. The molecule has 0 heterocycles. The molecule has 0 aromatic rings. The van der Waals surface area contributed by atoms with E-state index in [0.29, 0.717) is 5.41 Å². The highest BCUT2D eigenvalue weighted by Gasteiger charge is 2.26. The molecule has 1 fully saturated rings. The van der Waals surface area contributed by atoms with Gasteiger partial charge in [0, 0.05) is 13.7 Å². The van der Waals surface area contributed by atoms with Gasteiger partial charge in [0.2, 0.25) is 0 Å². The normalized spacial score (nSPS) is 35.8. The third kappa shape index (κ3) is 3.30. The van der Waals surface area contributed by atoms with Gasteiger partial charge in [-0.15, -0.1) is 0 Å². The van der Waals surface area contributed by atoms with Gasteiger partial charge in [0.15, 0.2) is 0 Å². The zero-order valence-electron chi connectivity index (χ0n) is 9.44. The average Bonchev–Trinajstić information content (AvgIpc) is 2.31. The molecule has 13 heavy (non-hydrogen) atoms. The van der Waals surface area contributed by atoms with Crippen LogP contribution in [0.15, 0.2) is 0 Å². The molecule has 0 spiro atoms. The maximum Gasteiger partial charge on any atom is 0.0490 e. The number of hydrogen-bond donors (Lipinski definition) is 0. The van der Waals surface area contributed by atoms with Crippen molar-refractivity contribution in [3.05, 3.63) is 0 Å². The molecule has 1 nitrogen and oxygen atoms in total. The Bertz CT molecular complexity index is 144. The second kappa shape index (κ2) is 4.99. The topological polar surface area (TPSA) is 9.23 Å². The van der Waals surface area contributed by atoms with Gasteiger partial charge in [0.05, 0.1) is 0 Å². The first-order chi connectivity index (χ1) is 6.20. The van der Waals surface area contributed by atoms with Crippen molar-refractivity contribution in [3.63, 3.8) is 0 Å². The molecular weight excluding hydrogens is 160 g/mol. The lowest BCUT2D eigenvalue weighted by Crippen LogP contribution is -2.14. The van der Waals surface area contributed by atoms with Crippen LogP contribution < -0.4 is 0 Å². The molecule has 0 saturated heterocycles. The van der Waals surface area contributed by atoms with E-state index in [1.54, 1.807) is 0 Å². The summed E-state index contributed by atoms with van der Waals surface area (Å²) in [7, 11) is 1.82. The van der Waals surface area contributed by atoms with Gasteiger partial charge in [0.25, 0.3) is 0 Å². The first kappa shape index (κ1) is 11.0. The van der Waals surface area contributed by atoms with Crippen molar-refractivity contribution >= 4 is 0 Å². The summed E-state index contributed by atoms with van der Waals surface area (Å²) in [6, 6.07) is 0. The van der Waals surface area contributed by atoms with Gasteiger partial charge < -0.3 is 4.74 Å². The van der Waals surface area contributed by atoms with Crippen LogP contribution in [0.3, 0.4) is 0 Å². The number of rotatable bonds is 3. The van der Waals surface area contributed by atoms with E-state index in [2.05, 4.69) is 13.8 Å². The smallest absolute Gasteiger partial charge is 0.0490 e. The Labute approximate surface area is 82.9 Å². The van der Waals surface area contributed by atoms with Gasteiger partial charge >= 0.3 is 0 Å². The van der Waals surface area contributed by atoms with E-state index in [1.165, 1.54) is 38.5 Å². The van der Waals surface area contributed by atoms with Crippen LogP contribution in [0, 0.1) is 11.3 Å². The quantitative estimate of drug-likeness (QED) is 0.609. The second-order valence-corrected chi connectivity index (χ2v) is 4.92. The molecule has 2 atom stereocenters. The van der Waals surface area contributed by atoms with E-state index in [9.17, 15) is 0 Å². The molecule has 1 aliphatic rings. The van der Waals surface area contributed by atoms with Crippen molar-refractivity contribution < 1.29 is 4.74 Å². The highest BCUT2D eigenvalue weighted by molar-refractivity contribution is 4.78. The fraction of sp³-hybridized carbons (Fsp3) is 1.00. The Kier molecular flexibility index (Phi) is 4.24. The van der Waals surface area contributed by atoms with Gasteiger partial charge in [-0.05, 0) is 37.0 Å². The van der Waals surface area contributed by atoms with Gasteiger partial charge in [-0.3, -0.25) is 0 Å². The fourth-order valence-corrected chi connectivity index (χ4v) is 2.40. The third-order valence-electron chi connectivity index (χ3n) is 3.80. The third-order valence-corrected chi connectivity index (χ3v) is 3.80. The molecule has 1 rings (SSSR count). The van der Waals surface area contributed by atoms with Crippen LogP contribution in [0.5, 0.6) is 0 Å². The molecule has 0 aromatic carbocycles. The molecule has 1 heteroatoms. The fourth-order valence-electron chi connectivity index (χ4n) is 2.40. The molecule has 0 aliphatic heterocycles. The van der Waals surface area contributed by atoms with Crippen LogP contribution in [-0.2, 0) is 4.74 Å². The van der Waals surface area contributed by atoms with Crippen molar-refractivity contribution in [1.29, 1.82) is 0 Å². The van der Waals surface area contributed by atoms with Gasteiger partial charge in [-0.25, -0.2) is 0 Å². The summed E-state index contributed by atoms with van der Waals surface area (Å²) >= 11 is 0. The summed E-state index contributed by atoms with van der Waals surface area (Å²) in [5.41, 5.74) is 0.627. The molecule has 0 aromatic heterocycles. The lowest BCUT2D eigenvalue weighted by molar-refractivity contribution is 0.141. The van der Waals surface area contributed by atoms with Crippen molar-refractivity contribution in [3.8, 4) is 0 Å². The van der Waals surface area contributed by atoms with Crippen molar-refractivity contribution in [2.24, 2.45) is 11.3 Å². The van der Waals surface area contributed by atoms with Crippen molar-refractivity contribution in [1.82, 2.24) is 0 Å². The van der Waals surface area contributed by atoms with Gasteiger partial charge in [0.1, 0.15) is 0 Å². The lowest BCUT2D eigenvalue weighted by atomic mass is 9.80. The van der Waals surface area contributed by atoms with Crippen LogP contribution in [0.25, 0.3) is 0 Å². The largest absolute Gasteiger partial charge is 0.384 e. The van der Waals surface area contributed by atoms with Crippen LogP contribution in [0.1, 0.15) is 52.4 Å². The zero-order chi connectivity index (χ0) is 9.73. The Balaban J connectivity index is 2.39. The molecule has 1 saturated carbocycles. The van der Waals surface area contributed by atoms with E-state index < -0.39 is 0 Å². The number of hydrogen-bond acceptors (Lipinski definition) is 1. The molecule has 0 bridgehead atoms. The standard InChI is InChI=1S/C12H24O/c1-4-12(2)8-5-6-11(7-9-12)10-13-3/h11H,4-10H2,1-3H3. The molecule has 0 radical (unpaired) electrons. The molecule has 0 amide bonds. The summed E-state index contributed by atoms with van der Waals surface area (Å²) in [6.45, 7) is 5.75. The molecule has 78 valence electrons. The summed E-state index contributed by atoms with van der Waals surface area (Å²) in [4.78, 5) is 0. The van der Waals surface area contributed by atoms with Gasteiger partial charge in [-0.2, -0.15) is 0 Å². The minimum atomic E-state index is 0.627. The van der Waals surface area contributed by atoms with E-state index >= 15 is 0 Å².